The number of H-pyrrole nitrogens is 1. The molecule has 1 aliphatic heterocycles. The van der Waals surface area contributed by atoms with Crippen molar-refractivity contribution >= 4 is 23.0 Å². The molecule has 134 valence electrons. The molecule has 0 unspecified atom stereocenters. The first-order chi connectivity index (χ1) is 11.7. The number of rotatable bonds is 2. The molecule has 3 rings (SSSR count). The van der Waals surface area contributed by atoms with E-state index in [1.807, 2.05) is 26.8 Å². The molecule has 1 aromatic heterocycles. The number of aromatic nitrogens is 1. The van der Waals surface area contributed by atoms with Gasteiger partial charge in [0.05, 0.1) is 5.56 Å². The third kappa shape index (κ3) is 3.95. The van der Waals surface area contributed by atoms with Crippen LogP contribution in [0, 0.1) is 0 Å². The van der Waals surface area contributed by atoms with Crippen LogP contribution in [-0.4, -0.2) is 45.7 Å². The van der Waals surface area contributed by atoms with Gasteiger partial charge < -0.3 is 19.7 Å². The molecule has 2 heterocycles. The Morgan fingerprint density at radius 2 is 1.88 bits per heavy atom. The minimum Gasteiger partial charge on any atom is -0.478 e. The third-order valence-corrected chi connectivity index (χ3v) is 4.48. The third-order valence-electron chi connectivity index (χ3n) is 4.48. The highest BCUT2D eigenvalue weighted by atomic mass is 16.6. The Morgan fingerprint density at radius 1 is 1.20 bits per heavy atom. The lowest BCUT2D eigenvalue weighted by molar-refractivity contribution is 0.0204. The number of hydrogen-bond acceptors (Lipinski definition) is 3. The number of piperidine rings is 1. The lowest BCUT2D eigenvalue weighted by atomic mass is 9.94. The fourth-order valence-electron chi connectivity index (χ4n) is 3.21. The zero-order valence-electron chi connectivity index (χ0n) is 14.8. The summed E-state index contributed by atoms with van der Waals surface area (Å²) in [5, 5.41) is 10.0. The van der Waals surface area contributed by atoms with Crippen molar-refractivity contribution in [3.05, 3.63) is 35.5 Å². The number of carboxylic acid groups (broad SMARTS) is 1. The number of ether oxygens (including phenoxy) is 1. The molecule has 0 bridgehead atoms. The maximum Gasteiger partial charge on any atom is 0.410 e. The topological polar surface area (TPSA) is 82.6 Å². The second-order valence-corrected chi connectivity index (χ2v) is 7.57. The van der Waals surface area contributed by atoms with Crippen LogP contribution in [0.1, 0.15) is 55.6 Å². The first kappa shape index (κ1) is 17.3. The molecular weight excluding hydrogens is 320 g/mol. The van der Waals surface area contributed by atoms with Gasteiger partial charge in [0.1, 0.15) is 5.60 Å². The van der Waals surface area contributed by atoms with Crippen molar-refractivity contribution in [3.63, 3.8) is 0 Å². The minimum atomic E-state index is -0.921. The molecule has 1 amide bonds. The van der Waals surface area contributed by atoms with Crippen LogP contribution < -0.4 is 0 Å². The lowest BCUT2D eigenvalue weighted by Crippen LogP contribution is -2.41. The Bertz CT molecular complexity index is 795. The van der Waals surface area contributed by atoms with Gasteiger partial charge >= 0.3 is 12.1 Å². The summed E-state index contributed by atoms with van der Waals surface area (Å²) in [5.41, 5.74) is 1.85. The van der Waals surface area contributed by atoms with Gasteiger partial charge in [0, 0.05) is 35.6 Å². The van der Waals surface area contributed by atoms with Crippen LogP contribution in [0.3, 0.4) is 0 Å². The van der Waals surface area contributed by atoms with Crippen LogP contribution in [0.4, 0.5) is 4.79 Å². The maximum absolute atomic E-state index is 12.1. The number of hydrogen-bond donors (Lipinski definition) is 2. The first-order valence-corrected chi connectivity index (χ1v) is 8.57. The summed E-state index contributed by atoms with van der Waals surface area (Å²) in [7, 11) is 0. The number of nitrogens with zero attached hydrogens (tertiary/aromatic N) is 1. The number of likely N-dealkylation sites (tertiary alicyclic amines) is 1. The summed E-state index contributed by atoms with van der Waals surface area (Å²) in [6.45, 7) is 6.93. The van der Waals surface area contributed by atoms with Gasteiger partial charge in [0.15, 0.2) is 0 Å². The summed E-state index contributed by atoms with van der Waals surface area (Å²) < 4.78 is 5.43. The van der Waals surface area contributed by atoms with Gasteiger partial charge in [0.2, 0.25) is 0 Å². The van der Waals surface area contributed by atoms with Crippen LogP contribution in [0.15, 0.2) is 24.3 Å². The second-order valence-electron chi connectivity index (χ2n) is 7.57. The Balaban J connectivity index is 1.67. The molecular formula is C19H24N2O4. The molecule has 6 heteroatoms. The molecule has 2 aromatic rings. The minimum absolute atomic E-state index is 0.256. The zero-order valence-corrected chi connectivity index (χ0v) is 14.8. The monoisotopic (exact) mass is 344 g/mol. The van der Waals surface area contributed by atoms with Crippen LogP contribution in [0.5, 0.6) is 0 Å². The maximum atomic E-state index is 12.1. The molecule has 0 atom stereocenters. The highest BCUT2D eigenvalue weighted by Gasteiger charge is 2.28. The SMILES string of the molecule is CC(C)(C)OC(=O)N1CCC(c2cc3cc(C(=O)O)ccc3[nH]2)CC1. The molecule has 0 spiro atoms. The Labute approximate surface area is 146 Å². The number of aromatic amines is 1. The van der Waals surface area contributed by atoms with Crippen LogP contribution >= 0.6 is 0 Å². The normalized spacial score (nSPS) is 16.2. The van der Waals surface area contributed by atoms with E-state index >= 15 is 0 Å². The smallest absolute Gasteiger partial charge is 0.410 e. The summed E-state index contributed by atoms with van der Waals surface area (Å²) >= 11 is 0. The Hall–Kier alpha value is -2.50. The van der Waals surface area contributed by atoms with E-state index in [2.05, 4.69) is 4.98 Å². The predicted octanol–water partition coefficient (Wildman–Crippen LogP) is 3.98. The largest absolute Gasteiger partial charge is 0.478 e. The van der Waals surface area contributed by atoms with Crippen molar-refractivity contribution in [3.8, 4) is 0 Å². The zero-order chi connectivity index (χ0) is 18.2. The Kier molecular flexibility index (Phi) is 4.45. The summed E-state index contributed by atoms with van der Waals surface area (Å²) in [6.07, 6.45) is 1.46. The summed E-state index contributed by atoms with van der Waals surface area (Å²) in [5.74, 6) is -0.588. The number of benzene rings is 1. The fourth-order valence-corrected chi connectivity index (χ4v) is 3.21. The van der Waals surface area contributed by atoms with Gasteiger partial charge in [-0.05, 0) is 57.9 Å². The van der Waals surface area contributed by atoms with Crippen molar-refractivity contribution in [1.29, 1.82) is 0 Å². The Morgan fingerprint density at radius 3 is 2.48 bits per heavy atom. The molecule has 1 fully saturated rings. The van der Waals surface area contributed by atoms with E-state index in [-0.39, 0.29) is 11.7 Å². The molecule has 0 aliphatic carbocycles. The molecule has 6 nitrogen and oxygen atoms in total. The van der Waals surface area contributed by atoms with Crippen molar-refractivity contribution in [2.75, 3.05) is 13.1 Å². The number of fused-ring (bicyclic) bond motifs is 1. The molecule has 1 aromatic carbocycles. The molecule has 1 saturated heterocycles. The van der Waals surface area contributed by atoms with Gasteiger partial charge in [-0.25, -0.2) is 9.59 Å². The van der Waals surface area contributed by atoms with Crippen LogP contribution in [0.2, 0.25) is 0 Å². The highest BCUT2D eigenvalue weighted by Crippen LogP contribution is 2.30. The van der Waals surface area contributed by atoms with E-state index < -0.39 is 11.6 Å². The van der Waals surface area contributed by atoms with Crippen molar-refractivity contribution in [1.82, 2.24) is 9.88 Å². The lowest BCUT2D eigenvalue weighted by Gasteiger charge is -2.33. The van der Waals surface area contributed by atoms with E-state index in [0.717, 1.165) is 29.4 Å². The average molecular weight is 344 g/mol. The van der Waals surface area contributed by atoms with E-state index in [9.17, 15) is 9.59 Å². The number of aromatic carboxylic acids is 1. The standard InChI is InChI=1S/C19H24N2O4/c1-19(2,3)25-18(24)21-8-6-12(7-9-21)16-11-14-10-13(17(22)23)4-5-15(14)20-16/h4-5,10-12,20H,6-9H2,1-3H3,(H,22,23). The quantitative estimate of drug-likeness (QED) is 0.863. The summed E-state index contributed by atoms with van der Waals surface area (Å²) in [4.78, 5) is 28.4. The van der Waals surface area contributed by atoms with Crippen molar-refractivity contribution in [2.24, 2.45) is 0 Å². The van der Waals surface area contributed by atoms with Gasteiger partial charge in [-0.15, -0.1) is 0 Å². The molecule has 25 heavy (non-hydrogen) atoms. The van der Waals surface area contributed by atoms with Crippen molar-refractivity contribution in [2.45, 2.75) is 45.1 Å². The summed E-state index contributed by atoms with van der Waals surface area (Å²) in [6, 6.07) is 7.12. The molecule has 0 saturated carbocycles. The van der Waals surface area contributed by atoms with Crippen molar-refractivity contribution < 1.29 is 19.4 Å². The van der Waals surface area contributed by atoms with Crippen LogP contribution in [-0.2, 0) is 4.74 Å². The first-order valence-electron chi connectivity index (χ1n) is 8.57. The fraction of sp³-hybridized carbons (Fsp3) is 0.474. The van der Waals surface area contributed by atoms with E-state index in [1.165, 1.54) is 0 Å². The highest BCUT2D eigenvalue weighted by molar-refractivity contribution is 5.93. The molecule has 0 radical (unpaired) electrons. The molecule has 1 aliphatic rings. The van der Waals surface area contributed by atoms with Gasteiger partial charge in [-0.3, -0.25) is 0 Å². The number of nitrogens with one attached hydrogen (secondary N) is 1. The number of carbonyl (C=O) groups is 2. The number of amides is 1. The van der Waals surface area contributed by atoms with Gasteiger partial charge in [-0.2, -0.15) is 0 Å². The second kappa shape index (κ2) is 6.43. The van der Waals surface area contributed by atoms with E-state index in [1.54, 1.807) is 23.1 Å². The molecule has 2 N–H and O–H groups in total. The van der Waals surface area contributed by atoms with E-state index in [0.29, 0.717) is 19.0 Å². The van der Waals surface area contributed by atoms with E-state index in [4.69, 9.17) is 9.84 Å². The number of carbonyl (C=O) groups excluding carboxylic acids is 1. The van der Waals surface area contributed by atoms with Gasteiger partial charge in [0.25, 0.3) is 0 Å². The van der Waals surface area contributed by atoms with Crippen LogP contribution in [0.25, 0.3) is 10.9 Å². The van der Waals surface area contributed by atoms with Gasteiger partial charge in [-0.1, -0.05) is 0 Å². The predicted molar refractivity (Wildman–Crippen MR) is 95.0 cm³/mol. The average Bonchev–Trinajstić information content (AvgIpc) is 2.96. The number of carboxylic acids is 1.